The molecule has 0 unspecified atom stereocenters. The first-order valence-corrected chi connectivity index (χ1v) is 7.36. The van der Waals surface area contributed by atoms with Gasteiger partial charge in [0.1, 0.15) is 0 Å². The largest absolute Gasteiger partial charge is 0.240 e. The predicted molar refractivity (Wildman–Crippen MR) is 76.6 cm³/mol. The Kier molecular flexibility index (Phi) is 4.65. The smallest absolute Gasteiger partial charge is 0.211 e. The average Bonchev–Trinajstić information content (AvgIpc) is 2.42. The molecular weight excluding hydrogens is 262 g/mol. The summed E-state index contributed by atoms with van der Waals surface area (Å²) in [5.41, 5.74) is 0.664. The van der Waals surface area contributed by atoms with Crippen LogP contribution in [-0.2, 0) is 4.79 Å². The van der Waals surface area contributed by atoms with Crippen molar-refractivity contribution in [2.75, 3.05) is 6.26 Å². The Morgan fingerprint density at radius 2 is 1.83 bits per heavy atom. The first-order valence-electron chi connectivity index (χ1n) is 5.32. The van der Waals surface area contributed by atoms with Crippen LogP contribution in [0.15, 0.2) is 68.2 Å². The van der Waals surface area contributed by atoms with Crippen LogP contribution in [0.2, 0.25) is 0 Å². The van der Waals surface area contributed by atoms with Gasteiger partial charge in [0.2, 0.25) is 6.08 Å². The van der Waals surface area contributed by atoms with Gasteiger partial charge in [-0.3, -0.25) is 0 Å². The molecular formula is C14H11NOS2. The molecule has 0 aliphatic heterocycles. The molecule has 0 aromatic heterocycles. The Bertz CT molecular complexity index is 578. The fourth-order valence-electron chi connectivity index (χ4n) is 1.46. The van der Waals surface area contributed by atoms with Crippen LogP contribution in [0.4, 0.5) is 5.69 Å². The van der Waals surface area contributed by atoms with Crippen molar-refractivity contribution >= 4 is 35.3 Å². The Hall–Kier alpha value is -1.48. The van der Waals surface area contributed by atoms with Gasteiger partial charge in [-0.25, -0.2) is 4.79 Å². The second-order valence-corrected chi connectivity index (χ2v) is 5.45. The minimum atomic E-state index is 0.664. The Morgan fingerprint density at radius 3 is 2.50 bits per heavy atom. The number of isocyanates is 1. The number of aliphatic imine (C=N–C) groups is 1. The van der Waals surface area contributed by atoms with Crippen molar-refractivity contribution in [2.24, 2.45) is 4.99 Å². The van der Waals surface area contributed by atoms with Gasteiger partial charge in [-0.05, 0) is 36.6 Å². The van der Waals surface area contributed by atoms with E-state index in [1.807, 2.05) is 54.8 Å². The van der Waals surface area contributed by atoms with Gasteiger partial charge < -0.3 is 0 Å². The molecule has 0 saturated carbocycles. The lowest BCUT2D eigenvalue weighted by atomic mass is 10.3. The highest BCUT2D eigenvalue weighted by atomic mass is 32.2. The molecule has 0 fully saturated rings. The van der Waals surface area contributed by atoms with Crippen LogP contribution in [-0.4, -0.2) is 12.3 Å². The van der Waals surface area contributed by atoms with E-state index in [1.165, 1.54) is 0 Å². The maximum absolute atomic E-state index is 10.4. The number of benzene rings is 2. The number of nitrogens with zero attached hydrogens (tertiary/aromatic N) is 1. The second-order valence-electron chi connectivity index (χ2n) is 3.45. The van der Waals surface area contributed by atoms with Crippen LogP contribution in [0.3, 0.4) is 0 Å². The standard InChI is InChI=1S/C14H11NOS2/c1-17-12-7-8-13(15-10-16)14(9-12)18-11-5-3-2-4-6-11/h2-9H,1H3. The van der Waals surface area contributed by atoms with Gasteiger partial charge in [0.15, 0.2) is 0 Å². The molecule has 4 heteroatoms. The monoisotopic (exact) mass is 273 g/mol. The van der Waals surface area contributed by atoms with Gasteiger partial charge in [0.05, 0.1) is 5.69 Å². The summed E-state index contributed by atoms with van der Waals surface area (Å²) in [6.07, 6.45) is 3.63. The van der Waals surface area contributed by atoms with Crippen LogP contribution in [0.25, 0.3) is 0 Å². The molecule has 0 amide bonds. The van der Waals surface area contributed by atoms with Crippen molar-refractivity contribution in [1.82, 2.24) is 0 Å². The average molecular weight is 273 g/mol. The molecule has 0 N–H and O–H groups in total. The molecule has 0 spiro atoms. The van der Waals surface area contributed by atoms with E-state index in [0.717, 1.165) is 14.7 Å². The van der Waals surface area contributed by atoms with E-state index >= 15 is 0 Å². The first-order chi connectivity index (χ1) is 8.83. The Labute approximate surface area is 115 Å². The lowest BCUT2D eigenvalue weighted by Gasteiger charge is -2.06. The summed E-state index contributed by atoms with van der Waals surface area (Å²) in [7, 11) is 0. The van der Waals surface area contributed by atoms with Crippen LogP contribution >= 0.6 is 23.5 Å². The van der Waals surface area contributed by atoms with Crippen LogP contribution < -0.4 is 0 Å². The molecule has 0 atom stereocenters. The van der Waals surface area contributed by atoms with Crippen LogP contribution in [0.1, 0.15) is 0 Å². The third kappa shape index (κ3) is 3.26. The zero-order valence-corrected chi connectivity index (χ0v) is 11.4. The fraction of sp³-hybridized carbons (Fsp3) is 0.0714. The molecule has 0 aliphatic carbocycles. The topological polar surface area (TPSA) is 29.4 Å². The lowest BCUT2D eigenvalue weighted by Crippen LogP contribution is -1.78. The maximum Gasteiger partial charge on any atom is 0.240 e. The zero-order valence-electron chi connectivity index (χ0n) is 9.79. The normalized spacial score (nSPS) is 9.83. The van der Waals surface area contributed by atoms with Crippen molar-refractivity contribution in [2.45, 2.75) is 14.7 Å². The highest BCUT2D eigenvalue weighted by Crippen LogP contribution is 2.37. The fourth-order valence-corrected chi connectivity index (χ4v) is 2.93. The van der Waals surface area contributed by atoms with Crippen LogP contribution in [0.5, 0.6) is 0 Å². The molecule has 2 aromatic rings. The van der Waals surface area contributed by atoms with Gasteiger partial charge >= 0.3 is 0 Å². The van der Waals surface area contributed by atoms with Gasteiger partial charge in [-0.15, -0.1) is 11.8 Å². The number of hydrogen-bond donors (Lipinski definition) is 0. The third-order valence-electron chi connectivity index (χ3n) is 2.30. The minimum absolute atomic E-state index is 0.664. The summed E-state index contributed by atoms with van der Waals surface area (Å²) in [6.45, 7) is 0. The highest BCUT2D eigenvalue weighted by molar-refractivity contribution is 8.00. The predicted octanol–water partition coefficient (Wildman–Crippen LogP) is 4.53. The van der Waals surface area contributed by atoms with Crippen molar-refractivity contribution < 1.29 is 4.79 Å². The molecule has 0 radical (unpaired) electrons. The van der Waals surface area contributed by atoms with Crippen molar-refractivity contribution in [3.63, 3.8) is 0 Å². The maximum atomic E-state index is 10.4. The molecule has 2 nitrogen and oxygen atoms in total. The molecule has 18 heavy (non-hydrogen) atoms. The molecule has 0 bridgehead atoms. The van der Waals surface area contributed by atoms with E-state index in [4.69, 9.17) is 0 Å². The van der Waals surface area contributed by atoms with E-state index in [9.17, 15) is 4.79 Å². The molecule has 0 aliphatic rings. The summed E-state index contributed by atoms with van der Waals surface area (Å²) >= 11 is 3.26. The third-order valence-corrected chi connectivity index (χ3v) is 4.08. The number of thioether (sulfide) groups is 1. The summed E-state index contributed by atoms with van der Waals surface area (Å²) in [5, 5.41) is 0. The first kappa shape index (κ1) is 13.0. The van der Waals surface area contributed by atoms with E-state index in [1.54, 1.807) is 29.6 Å². The minimum Gasteiger partial charge on any atom is -0.211 e. The Balaban J connectivity index is 2.37. The molecule has 2 rings (SSSR count). The van der Waals surface area contributed by atoms with E-state index in [-0.39, 0.29) is 0 Å². The van der Waals surface area contributed by atoms with Gasteiger partial charge in [-0.1, -0.05) is 30.0 Å². The molecule has 2 aromatic carbocycles. The van der Waals surface area contributed by atoms with Crippen molar-refractivity contribution in [3.8, 4) is 0 Å². The summed E-state index contributed by atoms with van der Waals surface area (Å²) in [4.78, 5) is 17.4. The summed E-state index contributed by atoms with van der Waals surface area (Å²) in [5.74, 6) is 0. The van der Waals surface area contributed by atoms with E-state index in [2.05, 4.69) is 4.99 Å². The van der Waals surface area contributed by atoms with E-state index in [0.29, 0.717) is 5.69 Å². The lowest BCUT2D eigenvalue weighted by molar-refractivity contribution is 0.565. The molecule has 0 heterocycles. The summed E-state index contributed by atoms with van der Waals surface area (Å²) in [6, 6.07) is 15.9. The van der Waals surface area contributed by atoms with Crippen LogP contribution in [0, 0.1) is 0 Å². The van der Waals surface area contributed by atoms with Gasteiger partial charge in [0.25, 0.3) is 0 Å². The second kappa shape index (κ2) is 6.45. The summed E-state index contributed by atoms with van der Waals surface area (Å²) < 4.78 is 0. The van der Waals surface area contributed by atoms with Gasteiger partial charge in [0, 0.05) is 14.7 Å². The quantitative estimate of drug-likeness (QED) is 0.466. The Morgan fingerprint density at radius 1 is 1.06 bits per heavy atom. The molecule has 90 valence electrons. The number of rotatable bonds is 4. The zero-order chi connectivity index (χ0) is 12.8. The number of hydrogen-bond acceptors (Lipinski definition) is 4. The number of carbonyl (C=O) groups excluding carboxylic acids is 1. The SMILES string of the molecule is CSc1ccc(N=C=O)c(Sc2ccccc2)c1. The van der Waals surface area contributed by atoms with E-state index < -0.39 is 0 Å². The highest BCUT2D eigenvalue weighted by Gasteiger charge is 2.05. The van der Waals surface area contributed by atoms with Crippen molar-refractivity contribution in [1.29, 1.82) is 0 Å². The molecule has 0 saturated heterocycles. The van der Waals surface area contributed by atoms with Gasteiger partial charge in [-0.2, -0.15) is 4.99 Å². The van der Waals surface area contributed by atoms with Crippen molar-refractivity contribution in [3.05, 3.63) is 48.5 Å².